The maximum absolute atomic E-state index is 13.6. The Labute approximate surface area is 127 Å². The lowest BCUT2D eigenvalue weighted by Gasteiger charge is -2.28. The summed E-state index contributed by atoms with van der Waals surface area (Å²) < 4.78 is 45.9. The molecule has 22 heavy (non-hydrogen) atoms. The summed E-state index contributed by atoms with van der Waals surface area (Å²) >= 11 is 0.982. The molecule has 0 bridgehead atoms. The maximum Gasteiger partial charge on any atom is 0.419 e. The maximum atomic E-state index is 13.6. The average Bonchev–Trinajstić information content (AvgIpc) is 3.12. The van der Waals surface area contributed by atoms with Crippen LogP contribution in [0.3, 0.4) is 0 Å². The van der Waals surface area contributed by atoms with Crippen molar-refractivity contribution in [1.29, 1.82) is 0 Å². The summed E-state index contributed by atoms with van der Waals surface area (Å²) in [4.78, 5) is 11.9. The fraction of sp³-hybridized carbons (Fsp3) is 0.357. The van der Waals surface area contributed by atoms with E-state index in [-0.39, 0.29) is 23.4 Å². The van der Waals surface area contributed by atoms with Crippen molar-refractivity contribution in [2.24, 2.45) is 10.2 Å². The molecule has 0 amide bonds. The number of hydrogen-bond acceptors (Lipinski definition) is 5. The van der Waals surface area contributed by atoms with E-state index >= 15 is 0 Å². The molecule has 1 aliphatic rings. The molecule has 4 nitrogen and oxygen atoms in total. The summed E-state index contributed by atoms with van der Waals surface area (Å²) in [6.07, 6.45) is -4.77. The summed E-state index contributed by atoms with van der Waals surface area (Å²) in [7, 11) is 1.23. The first-order valence-electron chi connectivity index (χ1n) is 6.46. The van der Waals surface area contributed by atoms with E-state index in [1.54, 1.807) is 6.07 Å². The van der Waals surface area contributed by atoms with E-state index in [0.29, 0.717) is 10.1 Å². The fourth-order valence-corrected chi connectivity index (χ4v) is 3.73. The number of halogens is 3. The van der Waals surface area contributed by atoms with Crippen LogP contribution in [-0.4, -0.2) is 25.8 Å². The van der Waals surface area contributed by atoms with Gasteiger partial charge >= 0.3 is 12.1 Å². The van der Waals surface area contributed by atoms with Gasteiger partial charge in [0, 0.05) is 16.7 Å². The van der Waals surface area contributed by atoms with Crippen molar-refractivity contribution in [2.45, 2.75) is 18.1 Å². The third-order valence-corrected chi connectivity index (χ3v) is 4.82. The van der Waals surface area contributed by atoms with E-state index in [1.165, 1.54) is 25.3 Å². The second-order valence-electron chi connectivity index (χ2n) is 4.90. The molecule has 0 saturated carbocycles. The Kier molecular flexibility index (Phi) is 3.43. The monoisotopic (exact) mass is 328 g/mol. The van der Waals surface area contributed by atoms with Crippen LogP contribution in [0.15, 0.2) is 34.5 Å². The van der Waals surface area contributed by atoms with Crippen LogP contribution in [-0.2, 0) is 10.3 Å². The van der Waals surface area contributed by atoms with Crippen molar-refractivity contribution in [1.82, 2.24) is 0 Å². The van der Waals surface area contributed by atoms with Crippen molar-refractivity contribution in [3.05, 3.63) is 34.7 Å². The van der Waals surface area contributed by atoms with Gasteiger partial charge < -0.3 is 4.74 Å². The minimum absolute atomic E-state index is 0.0329. The van der Waals surface area contributed by atoms with Gasteiger partial charge in [-0.3, -0.25) is 0 Å². The normalized spacial score (nSPS) is 21.5. The molecule has 1 unspecified atom stereocenters. The van der Waals surface area contributed by atoms with Gasteiger partial charge in [-0.15, -0.1) is 11.3 Å². The van der Waals surface area contributed by atoms with E-state index in [4.69, 9.17) is 0 Å². The summed E-state index contributed by atoms with van der Waals surface area (Å²) in [5, 5.41) is 7.65. The van der Waals surface area contributed by atoms with Gasteiger partial charge in [0.05, 0.1) is 13.7 Å². The number of carbonyl (C=O) groups excluding carboxylic acids is 1. The Bertz CT molecular complexity index is 769. The molecule has 3 rings (SSSR count). The van der Waals surface area contributed by atoms with Gasteiger partial charge in [-0.1, -0.05) is 18.2 Å². The van der Waals surface area contributed by atoms with Crippen LogP contribution in [0.1, 0.15) is 21.7 Å². The summed E-state index contributed by atoms with van der Waals surface area (Å²) in [6.45, 7) is 0.0329. The third kappa shape index (κ3) is 2.09. The number of nitrogens with zero attached hydrogens (tertiary/aromatic N) is 2. The number of carbonyl (C=O) groups is 1. The van der Waals surface area contributed by atoms with Crippen LogP contribution in [0.5, 0.6) is 0 Å². The SMILES string of the molecule is COC(=O)c1cc2cccc(C3(C(F)(F)F)CCN=N3)c2s1. The Balaban J connectivity index is 2.24. The van der Waals surface area contributed by atoms with Gasteiger partial charge in [-0.25, -0.2) is 4.79 Å². The van der Waals surface area contributed by atoms with Gasteiger partial charge in [0.15, 0.2) is 0 Å². The van der Waals surface area contributed by atoms with Gasteiger partial charge in [0.1, 0.15) is 4.88 Å². The molecule has 0 radical (unpaired) electrons. The highest BCUT2D eigenvalue weighted by molar-refractivity contribution is 7.21. The molecule has 116 valence electrons. The Morgan fingerprint density at radius 2 is 2.18 bits per heavy atom. The van der Waals surface area contributed by atoms with Gasteiger partial charge in [-0.05, 0) is 11.5 Å². The van der Waals surface area contributed by atoms with Crippen LogP contribution in [0.4, 0.5) is 13.2 Å². The van der Waals surface area contributed by atoms with E-state index in [0.717, 1.165) is 11.3 Å². The average molecular weight is 328 g/mol. The van der Waals surface area contributed by atoms with Crippen LogP contribution < -0.4 is 0 Å². The van der Waals surface area contributed by atoms with Crippen LogP contribution in [0.25, 0.3) is 10.1 Å². The van der Waals surface area contributed by atoms with E-state index in [1.807, 2.05) is 0 Å². The van der Waals surface area contributed by atoms with E-state index in [2.05, 4.69) is 15.0 Å². The predicted molar refractivity (Wildman–Crippen MR) is 75.2 cm³/mol. The molecule has 1 atom stereocenters. The molecule has 2 aromatic rings. The standard InChI is InChI=1S/C14H11F3N2O2S/c1-21-12(20)10-7-8-3-2-4-9(11(8)22-10)13(14(15,16)17)5-6-18-19-13/h2-4,7H,5-6H2,1H3. The largest absolute Gasteiger partial charge is 0.465 e. The first kappa shape index (κ1) is 15.0. The molecule has 1 aromatic heterocycles. The van der Waals surface area contributed by atoms with Crippen LogP contribution in [0, 0.1) is 0 Å². The molecule has 0 saturated heterocycles. The second-order valence-corrected chi connectivity index (χ2v) is 5.95. The Morgan fingerprint density at radius 3 is 2.77 bits per heavy atom. The van der Waals surface area contributed by atoms with Gasteiger partial charge in [0.2, 0.25) is 5.54 Å². The lowest BCUT2D eigenvalue weighted by molar-refractivity contribution is -0.187. The van der Waals surface area contributed by atoms with Crippen molar-refractivity contribution < 1.29 is 22.7 Å². The molecule has 0 fully saturated rings. The number of azo groups is 1. The molecular weight excluding hydrogens is 317 g/mol. The summed E-state index contributed by atoms with van der Waals surface area (Å²) in [6, 6.07) is 6.13. The Morgan fingerprint density at radius 1 is 1.41 bits per heavy atom. The minimum Gasteiger partial charge on any atom is -0.465 e. The quantitative estimate of drug-likeness (QED) is 0.772. The topological polar surface area (TPSA) is 51.0 Å². The van der Waals surface area contributed by atoms with Crippen molar-refractivity contribution in [2.75, 3.05) is 13.7 Å². The Hall–Kier alpha value is -1.96. The molecule has 1 aliphatic heterocycles. The number of benzene rings is 1. The van der Waals surface area contributed by atoms with Gasteiger partial charge in [0.25, 0.3) is 0 Å². The van der Waals surface area contributed by atoms with E-state index < -0.39 is 17.7 Å². The zero-order valence-electron chi connectivity index (χ0n) is 11.5. The smallest absolute Gasteiger partial charge is 0.419 e. The van der Waals surface area contributed by atoms with Crippen molar-refractivity contribution >= 4 is 27.4 Å². The number of ether oxygens (including phenoxy) is 1. The second kappa shape index (κ2) is 5.05. The molecule has 0 spiro atoms. The summed E-state index contributed by atoms with van der Waals surface area (Å²) in [5.41, 5.74) is -2.29. The van der Waals surface area contributed by atoms with Crippen molar-refractivity contribution in [3.8, 4) is 0 Å². The highest BCUT2D eigenvalue weighted by Crippen LogP contribution is 2.50. The zero-order chi connectivity index (χ0) is 16.0. The highest BCUT2D eigenvalue weighted by Gasteiger charge is 2.59. The lowest BCUT2D eigenvalue weighted by atomic mass is 9.87. The van der Waals surface area contributed by atoms with Gasteiger partial charge in [-0.2, -0.15) is 23.4 Å². The molecule has 2 heterocycles. The number of esters is 1. The minimum atomic E-state index is -4.54. The fourth-order valence-electron chi connectivity index (χ4n) is 2.56. The highest BCUT2D eigenvalue weighted by atomic mass is 32.1. The number of hydrogen-bond donors (Lipinski definition) is 0. The lowest BCUT2D eigenvalue weighted by Crippen LogP contribution is -2.39. The number of thiophene rings is 1. The van der Waals surface area contributed by atoms with Crippen molar-refractivity contribution in [3.63, 3.8) is 0 Å². The van der Waals surface area contributed by atoms with Crippen LogP contribution in [0.2, 0.25) is 0 Å². The number of fused-ring (bicyclic) bond motifs is 1. The third-order valence-electron chi connectivity index (χ3n) is 3.66. The molecule has 0 N–H and O–H groups in total. The first-order chi connectivity index (χ1) is 10.4. The van der Waals surface area contributed by atoms with Crippen LogP contribution >= 0.6 is 11.3 Å². The molecule has 8 heteroatoms. The molecule has 0 aliphatic carbocycles. The summed E-state index contributed by atoms with van der Waals surface area (Å²) in [5.74, 6) is -0.568. The number of alkyl halides is 3. The predicted octanol–water partition coefficient (Wildman–Crippen LogP) is 4.30. The number of rotatable bonds is 2. The van der Waals surface area contributed by atoms with E-state index in [9.17, 15) is 18.0 Å². The molecule has 1 aromatic carbocycles. The molecular formula is C14H11F3N2O2S. The first-order valence-corrected chi connectivity index (χ1v) is 7.27. The zero-order valence-corrected chi connectivity index (χ0v) is 12.3. The number of methoxy groups -OCH3 is 1.